The lowest BCUT2D eigenvalue weighted by Gasteiger charge is -2.30. The van der Waals surface area contributed by atoms with Crippen LogP contribution in [0.2, 0.25) is 0 Å². The molecule has 0 spiro atoms. The number of H-pyrrole nitrogens is 2. The Hall–Kier alpha value is -10.3. The average Bonchev–Trinajstić information content (AvgIpc) is 1.66. The van der Waals surface area contributed by atoms with E-state index in [1.807, 2.05) is 92.8 Å². The molecule has 30 heteroatoms. The van der Waals surface area contributed by atoms with E-state index >= 15 is 0 Å². The van der Waals surface area contributed by atoms with E-state index < -0.39 is 41.7 Å². The number of benzene rings is 3. The number of para-hydroxylation sites is 1. The van der Waals surface area contributed by atoms with Gasteiger partial charge in [-0.15, -0.1) is 0 Å². The molecule has 0 unspecified atom stereocenters. The highest BCUT2D eigenvalue weighted by atomic mass is 16.2. The lowest BCUT2D eigenvalue weighted by Crippen LogP contribution is -2.45. The average molecular weight is 1530 g/mol. The van der Waals surface area contributed by atoms with Gasteiger partial charge in [-0.05, 0) is 102 Å². The number of primary amides is 1. The molecule has 604 valence electrons. The first-order valence-electron chi connectivity index (χ1n) is 37.7. The molecule has 110 heavy (non-hydrogen) atoms. The number of aromatic amines is 2. The number of unbranched alkanes of at least 4 members (excludes halogenated alkanes) is 5. The first-order chi connectivity index (χ1) is 52.8. The molecule has 0 radical (unpaired) electrons. The van der Waals surface area contributed by atoms with Gasteiger partial charge in [-0.3, -0.25) is 53.0 Å². The van der Waals surface area contributed by atoms with Crippen LogP contribution in [0.1, 0.15) is 152 Å². The Morgan fingerprint density at radius 1 is 0.564 bits per heavy atom. The number of hydrogen-bond donors (Lipinski definition) is 9. The number of carbonyl (C=O) groups is 9. The number of hydrogen-bond acceptors (Lipinski definition) is 21. The van der Waals surface area contributed by atoms with E-state index in [0.29, 0.717) is 63.7 Å². The number of imidazole rings is 1. The molecule has 1 fully saturated rings. The second-order valence-corrected chi connectivity index (χ2v) is 27.2. The summed E-state index contributed by atoms with van der Waals surface area (Å²) in [6, 6.07) is 26.0. The van der Waals surface area contributed by atoms with E-state index in [9.17, 15) is 43.2 Å². The van der Waals surface area contributed by atoms with Crippen LogP contribution in [0.4, 0.5) is 0 Å². The highest BCUT2D eigenvalue weighted by Crippen LogP contribution is 2.24. The van der Waals surface area contributed by atoms with E-state index in [4.69, 9.17) is 46.0 Å². The number of aliphatic imine (C=N–C) groups is 1. The fraction of sp³-hybridized carbons (Fsp3) is 0.550. The molecule has 1 saturated heterocycles. The molecule has 3 aromatic carbocycles. The van der Waals surface area contributed by atoms with Crippen LogP contribution in [0.15, 0.2) is 109 Å². The van der Waals surface area contributed by atoms with Gasteiger partial charge >= 0.3 is 18.5 Å². The highest BCUT2D eigenvalue weighted by molar-refractivity contribution is 5.95. The Balaban J connectivity index is 0.000000847. The number of carbonyl (C=O) groups excluding carboxylic acids is 15. The Bertz CT molecular complexity index is 3540. The summed E-state index contributed by atoms with van der Waals surface area (Å²) in [6.45, 7) is 14.4. The van der Waals surface area contributed by atoms with Crippen molar-refractivity contribution in [2.24, 2.45) is 39.9 Å². The molecule has 12 N–H and O–H groups in total. The zero-order valence-electron chi connectivity index (χ0n) is 65.4. The summed E-state index contributed by atoms with van der Waals surface area (Å²) in [4.78, 5) is 186. The largest absolute Gasteiger partial charge is 0.373 e. The number of nitrogens with one attached hydrogen (secondary N) is 6. The summed E-state index contributed by atoms with van der Waals surface area (Å²) in [5.74, 6) is -3.41. The molecule has 1 aliphatic heterocycles. The van der Waals surface area contributed by atoms with Gasteiger partial charge in [-0.1, -0.05) is 132 Å². The van der Waals surface area contributed by atoms with Crippen LogP contribution in [0.3, 0.4) is 0 Å². The molecule has 0 saturated carbocycles. The molecule has 5 aromatic rings. The quantitative estimate of drug-likeness (QED) is 0.0143. The number of rotatable bonds is 41. The van der Waals surface area contributed by atoms with Crippen molar-refractivity contribution in [1.29, 1.82) is 0 Å². The van der Waals surface area contributed by atoms with Gasteiger partial charge in [-0.25, -0.2) is 4.98 Å². The number of ketones is 4. The van der Waals surface area contributed by atoms with Crippen molar-refractivity contribution < 1.29 is 71.9 Å². The monoisotopic (exact) mass is 1530 g/mol. The van der Waals surface area contributed by atoms with E-state index in [-0.39, 0.29) is 98.3 Å². The van der Waals surface area contributed by atoms with Gasteiger partial charge in [-0.2, -0.15) is 28.8 Å². The molecule has 1 aliphatic rings. The lowest BCUT2D eigenvalue weighted by atomic mass is 9.89. The first-order valence-corrected chi connectivity index (χ1v) is 37.7. The molecular formula is C80H119N15O15. The maximum atomic E-state index is 14.0. The molecule has 0 bridgehead atoms. The number of likely N-dealkylation sites (N-methyl/N-ethyl adjacent to an activating group) is 3. The standard InChI is InChI=1S/C38H53N7O5.C21H43N5O2.C18H23N3O2.3CO2/c1-3-4-6-14-27(35(39)48)21-30(46)24-44-37(50)28(20-29-23-43-32-16-10-9-15-31(29)32)22-34(47)33(17-11-18-42-38(40)41)45-36(49)25(2)19-26-12-7-5-8-13-26;1-22-21(28)10-8-6-5-7-9-20(27)19-26-17-15-24(3)13-11-23(2)12-14-25(4)16-18-26;1-2-17(22)16(11-15-12-19-13-20-15)21-18(23)10-6-9-14-7-4-3-5-8-14;3*2-1-3/h5,7-10,12-13,15-16,23,25,27-28,33,43H,3-4,6,11,14,17-22,24H2,1-2H3,(H2,39,48)(H,44,50)(H,45,49)(H4,40,41,42);5-19H2,1-4H3,(H,22,28);3-5,7-8,12-13,16H,2,6,9-11H2,1H3,(H,19,20)(H,21,23);;;/t25-,27-,28-,33+;;16-;;;/m1.0.../s1. The molecule has 6 rings (SSSR count). The topological polar surface area (TPSA) is 452 Å². The Morgan fingerprint density at radius 3 is 1.68 bits per heavy atom. The van der Waals surface area contributed by atoms with Crippen molar-refractivity contribution >= 4 is 88.0 Å². The fourth-order valence-corrected chi connectivity index (χ4v) is 11.9. The second kappa shape index (κ2) is 60.6. The predicted molar refractivity (Wildman–Crippen MR) is 415 cm³/mol. The smallest absolute Gasteiger partial charge is 0.370 e. The number of aryl methyl sites for hydroxylation is 1. The van der Waals surface area contributed by atoms with Crippen LogP contribution in [0.5, 0.6) is 0 Å². The summed E-state index contributed by atoms with van der Waals surface area (Å²) in [5.41, 5.74) is 21.3. The summed E-state index contributed by atoms with van der Waals surface area (Å²) < 4.78 is 0. The maximum Gasteiger partial charge on any atom is 0.373 e. The summed E-state index contributed by atoms with van der Waals surface area (Å²) in [6.07, 6.45) is 18.3. The van der Waals surface area contributed by atoms with Crippen molar-refractivity contribution in [3.63, 3.8) is 0 Å². The summed E-state index contributed by atoms with van der Waals surface area (Å²) in [7, 11) is 8.21. The minimum absolute atomic E-state index is 0.0380. The van der Waals surface area contributed by atoms with Crippen LogP contribution in [0.25, 0.3) is 10.9 Å². The van der Waals surface area contributed by atoms with Crippen molar-refractivity contribution in [3.8, 4) is 0 Å². The zero-order chi connectivity index (χ0) is 81.9. The lowest BCUT2D eigenvalue weighted by molar-refractivity contribution is -0.193. The molecule has 3 heterocycles. The molecule has 2 aromatic heterocycles. The van der Waals surface area contributed by atoms with E-state index in [1.54, 1.807) is 26.5 Å². The highest BCUT2D eigenvalue weighted by Gasteiger charge is 2.31. The van der Waals surface area contributed by atoms with Gasteiger partial charge in [0.15, 0.2) is 23.3 Å². The summed E-state index contributed by atoms with van der Waals surface area (Å²) in [5, 5.41) is 12.1. The first kappa shape index (κ1) is 97.7. The number of guanidine groups is 1. The number of fused-ring (bicyclic) bond motifs is 1. The zero-order valence-corrected chi connectivity index (χ0v) is 65.4. The Kier molecular flexibility index (Phi) is 53.8. The van der Waals surface area contributed by atoms with E-state index in [2.05, 4.69) is 94.1 Å². The number of nitrogens with two attached hydrogens (primary N) is 3. The van der Waals surface area contributed by atoms with Crippen LogP contribution < -0.4 is 38.5 Å². The van der Waals surface area contributed by atoms with Gasteiger partial charge in [0.25, 0.3) is 0 Å². The normalized spacial score (nSPS) is 13.8. The van der Waals surface area contributed by atoms with Gasteiger partial charge in [0.05, 0.1) is 31.5 Å². The van der Waals surface area contributed by atoms with Gasteiger partial charge in [0.2, 0.25) is 29.5 Å². The SMILES string of the molecule is CCC(=O)[C@H](Cc1cnc[nH]1)NC(=O)CCCc1ccccc1.CCCCC[C@H](CC(=O)CNC(=O)[C@@H](CC(=O)[C@H](CCCN=C(N)N)NC(=O)[C@H](C)Cc1ccccc1)Cc1c[nH]c2ccccc12)C(N)=O.CNC(=O)CCCCCCC(=O)CN1CCN(C)CCN(C)CCN(C)CC1.O=C=O.O=C=O.O=C=O. The van der Waals surface area contributed by atoms with Crippen LogP contribution in [-0.2, 0) is 97.6 Å². The molecule has 5 amide bonds. The third-order valence-electron chi connectivity index (χ3n) is 18.3. The van der Waals surface area contributed by atoms with Gasteiger partial charge in [0, 0.05) is 158 Å². The number of Topliss-reactive ketones (excluding diaryl/α,β-unsaturated/α-hetero) is 4. The van der Waals surface area contributed by atoms with Crippen molar-refractivity contribution in [3.05, 3.63) is 126 Å². The number of aromatic nitrogens is 3. The third kappa shape index (κ3) is 46.1. The Labute approximate surface area is 646 Å². The minimum Gasteiger partial charge on any atom is -0.370 e. The minimum atomic E-state index is -0.880. The Morgan fingerprint density at radius 2 is 1.13 bits per heavy atom. The number of amides is 5. The van der Waals surface area contributed by atoms with E-state index in [0.717, 1.165) is 138 Å². The van der Waals surface area contributed by atoms with Gasteiger partial charge < -0.3 is 63.1 Å². The predicted octanol–water partition coefficient (Wildman–Crippen LogP) is 4.90. The third-order valence-corrected chi connectivity index (χ3v) is 18.3. The van der Waals surface area contributed by atoms with Crippen LogP contribution in [-0.4, -0.2) is 224 Å². The second-order valence-electron chi connectivity index (χ2n) is 27.2. The van der Waals surface area contributed by atoms with Crippen LogP contribution >= 0.6 is 0 Å². The van der Waals surface area contributed by atoms with Crippen LogP contribution in [0, 0.1) is 17.8 Å². The van der Waals surface area contributed by atoms with E-state index in [1.165, 1.54) is 5.56 Å². The molecule has 0 aliphatic carbocycles. The molecular weight excluding hydrogens is 1410 g/mol. The molecule has 30 nitrogen and oxygen atoms in total. The van der Waals surface area contributed by atoms with Crippen molar-refractivity contribution in [2.45, 2.75) is 168 Å². The summed E-state index contributed by atoms with van der Waals surface area (Å²) >= 11 is 0. The fourth-order valence-electron chi connectivity index (χ4n) is 11.9. The van der Waals surface area contributed by atoms with Crippen molar-refractivity contribution in [2.75, 3.05) is 100 Å². The van der Waals surface area contributed by atoms with Crippen molar-refractivity contribution in [1.82, 2.24) is 55.8 Å². The van der Waals surface area contributed by atoms with Gasteiger partial charge in [0.1, 0.15) is 5.78 Å². The number of nitrogens with zero attached hydrogens (tertiary/aromatic N) is 6. The molecule has 5 atom stereocenters. The maximum absolute atomic E-state index is 14.0.